The Hall–Kier alpha value is -3.04. The Labute approximate surface area is 227 Å². The lowest BCUT2D eigenvalue weighted by Gasteiger charge is -2.29. The van der Waals surface area contributed by atoms with Crippen LogP contribution in [0.25, 0.3) is 0 Å². The number of aromatic nitrogens is 2. The highest BCUT2D eigenvalue weighted by Gasteiger charge is 2.38. The van der Waals surface area contributed by atoms with E-state index in [1.165, 1.54) is 23.5 Å². The number of likely N-dealkylation sites (N-methyl/N-ethyl adjacent to an activating group) is 1. The van der Waals surface area contributed by atoms with Gasteiger partial charge in [-0.25, -0.2) is 27.6 Å². The lowest BCUT2D eigenvalue weighted by atomic mass is 10.1. The fraction of sp³-hybridized carbons (Fsp3) is 0.458. The summed E-state index contributed by atoms with van der Waals surface area (Å²) in [5.74, 6) is -2.28. The summed E-state index contributed by atoms with van der Waals surface area (Å²) in [6.07, 6.45) is -4.16. The number of nitrogens with zero attached hydrogens (tertiary/aromatic N) is 4. The van der Waals surface area contributed by atoms with Crippen molar-refractivity contribution in [3.63, 3.8) is 0 Å². The Bertz CT molecular complexity index is 1410. The molecule has 0 bridgehead atoms. The van der Waals surface area contributed by atoms with E-state index in [2.05, 4.69) is 19.8 Å². The Kier molecular flexibility index (Phi) is 9.39. The van der Waals surface area contributed by atoms with Crippen LogP contribution in [-0.2, 0) is 26.9 Å². The molecule has 0 saturated carbocycles. The Balaban J connectivity index is 0.000000532. The third kappa shape index (κ3) is 7.76. The third-order valence-corrected chi connectivity index (χ3v) is 8.49. The van der Waals surface area contributed by atoms with E-state index in [9.17, 15) is 26.0 Å². The second kappa shape index (κ2) is 12.0. The van der Waals surface area contributed by atoms with Gasteiger partial charge in [-0.05, 0) is 38.0 Å². The molecule has 1 atom stereocenters. The quantitative estimate of drug-likeness (QED) is 0.396. The highest BCUT2D eigenvalue weighted by molar-refractivity contribution is 7.90. The topological polar surface area (TPSA) is 117 Å². The van der Waals surface area contributed by atoms with Crippen LogP contribution >= 0.6 is 11.3 Å². The van der Waals surface area contributed by atoms with Crippen LogP contribution in [0.2, 0.25) is 0 Å². The minimum absolute atomic E-state index is 0.193. The van der Waals surface area contributed by atoms with Crippen LogP contribution in [0.4, 0.5) is 23.2 Å². The Morgan fingerprint density at radius 2 is 1.95 bits per heavy atom. The highest BCUT2D eigenvalue weighted by Crippen LogP contribution is 2.31. The van der Waals surface area contributed by atoms with E-state index in [-0.39, 0.29) is 16.7 Å². The largest absolute Gasteiger partial charge is 0.490 e. The minimum atomic E-state index is -5.08. The number of alkyl halides is 3. The van der Waals surface area contributed by atoms with Gasteiger partial charge in [0.1, 0.15) is 16.5 Å². The molecule has 15 heteroatoms. The summed E-state index contributed by atoms with van der Waals surface area (Å²) in [4.78, 5) is 21.5. The summed E-state index contributed by atoms with van der Waals surface area (Å²) in [6, 6.07) is 2.98. The molecule has 9 nitrogen and oxygen atoms in total. The third-order valence-electron chi connectivity index (χ3n) is 6.20. The zero-order chi connectivity index (χ0) is 29.1. The molecular weight excluding hydrogens is 564 g/mol. The molecule has 1 aliphatic rings. The highest BCUT2D eigenvalue weighted by atomic mass is 32.2. The van der Waals surface area contributed by atoms with Gasteiger partial charge < -0.3 is 14.4 Å². The van der Waals surface area contributed by atoms with Gasteiger partial charge in [0.25, 0.3) is 0 Å². The number of carbonyl (C=O) groups is 1. The van der Waals surface area contributed by atoms with Gasteiger partial charge in [0.15, 0.2) is 15.7 Å². The fourth-order valence-corrected chi connectivity index (χ4v) is 6.32. The first-order valence-corrected chi connectivity index (χ1v) is 14.3. The fourth-order valence-electron chi connectivity index (χ4n) is 4.24. The lowest BCUT2D eigenvalue weighted by Crippen LogP contribution is -2.35. The molecule has 3 heterocycles. The van der Waals surface area contributed by atoms with E-state index in [0.29, 0.717) is 23.8 Å². The number of carboxylic acid groups (broad SMARTS) is 1. The molecule has 2 aromatic heterocycles. The molecule has 0 amide bonds. The molecule has 4 rings (SSSR count). The maximum absolute atomic E-state index is 15.0. The number of aliphatic carboxylic acids is 1. The van der Waals surface area contributed by atoms with E-state index >= 15 is 0 Å². The summed E-state index contributed by atoms with van der Waals surface area (Å²) in [5.41, 5.74) is 4.38. The van der Waals surface area contributed by atoms with Gasteiger partial charge in [0.05, 0.1) is 22.7 Å². The van der Waals surface area contributed by atoms with Crippen LogP contribution in [0.1, 0.15) is 35.0 Å². The number of hydrogen-bond donors (Lipinski definition) is 1. The molecule has 0 spiro atoms. The van der Waals surface area contributed by atoms with E-state index in [4.69, 9.17) is 14.3 Å². The molecule has 1 saturated heterocycles. The van der Waals surface area contributed by atoms with E-state index in [1.54, 1.807) is 10.9 Å². The van der Waals surface area contributed by atoms with Crippen molar-refractivity contribution in [3.05, 3.63) is 57.4 Å². The number of benzene rings is 1. The number of anilines is 1. The van der Waals surface area contributed by atoms with Crippen LogP contribution in [0.3, 0.4) is 0 Å². The monoisotopic (exact) mass is 592 g/mol. The lowest BCUT2D eigenvalue weighted by molar-refractivity contribution is -0.192. The molecule has 0 aliphatic carbocycles. The van der Waals surface area contributed by atoms with Crippen LogP contribution in [0.15, 0.2) is 32.3 Å². The molecule has 3 aromatic rings. The van der Waals surface area contributed by atoms with Crippen LogP contribution < -0.4 is 4.90 Å². The smallest absolute Gasteiger partial charge is 0.475 e. The van der Waals surface area contributed by atoms with Gasteiger partial charge in [-0.3, -0.25) is 4.90 Å². The van der Waals surface area contributed by atoms with Gasteiger partial charge >= 0.3 is 12.1 Å². The van der Waals surface area contributed by atoms with Crippen molar-refractivity contribution in [3.8, 4) is 0 Å². The van der Waals surface area contributed by atoms with E-state index in [0.717, 1.165) is 36.5 Å². The number of halogens is 4. The van der Waals surface area contributed by atoms with Crippen molar-refractivity contribution < 1.29 is 40.3 Å². The summed E-state index contributed by atoms with van der Waals surface area (Å²) in [5, 5.41) is 8.79. The summed E-state index contributed by atoms with van der Waals surface area (Å²) in [6.45, 7) is 8.02. The van der Waals surface area contributed by atoms with Crippen molar-refractivity contribution in [1.29, 1.82) is 0 Å². The first kappa shape index (κ1) is 30.5. The molecule has 1 fully saturated rings. The summed E-state index contributed by atoms with van der Waals surface area (Å²) >= 11 is 1.32. The molecular formula is C24H28F4N4O5S2. The Morgan fingerprint density at radius 3 is 2.49 bits per heavy atom. The zero-order valence-corrected chi connectivity index (χ0v) is 23.3. The number of rotatable bonds is 7. The second-order valence-corrected chi connectivity index (χ2v) is 11.8. The molecule has 1 N–H and O–H groups in total. The minimum Gasteiger partial charge on any atom is -0.475 e. The van der Waals surface area contributed by atoms with Crippen LogP contribution in [-0.4, -0.2) is 66.7 Å². The first-order chi connectivity index (χ1) is 18.1. The number of likely N-dealkylation sites (tertiary alicyclic amines) is 1. The predicted molar refractivity (Wildman–Crippen MR) is 136 cm³/mol. The van der Waals surface area contributed by atoms with Crippen LogP contribution in [0.5, 0.6) is 0 Å². The second-order valence-electron chi connectivity index (χ2n) is 9.14. The zero-order valence-electron chi connectivity index (χ0n) is 21.6. The average Bonchev–Trinajstić information content (AvgIpc) is 3.57. The first-order valence-electron chi connectivity index (χ1n) is 11.7. The van der Waals surface area contributed by atoms with Gasteiger partial charge in [-0.1, -0.05) is 0 Å². The molecule has 1 aliphatic heterocycles. The van der Waals surface area contributed by atoms with Crippen molar-refractivity contribution in [2.75, 3.05) is 25.0 Å². The van der Waals surface area contributed by atoms with Gasteiger partial charge in [0.2, 0.25) is 0 Å². The number of carboxylic acids is 1. The predicted octanol–water partition coefficient (Wildman–Crippen LogP) is 4.51. The number of aryl methyl sites for hydroxylation is 3. The maximum atomic E-state index is 15.0. The molecule has 214 valence electrons. The van der Waals surface area contributed by atoms with E-state index < -0.39 is 27.8 Å². The number of oxazole rings is 1. The maximum Gasteiger partial charge on any atom is 0.490 e. The molecule has 39 heavy (non-hydrogen) atoms. The van der Waals surface area contributed by atoms with Crippen molar-refractivity contribution in [2.45, 2.75) is 56.6 Å². The summed E-state index contributed by atoms with van der Waals surface area (Å²) < 4.78 is 77.7. The van der Waals surface area contributed by atoms with Gasteiger partial charge in [-0.15, -0.1) is 11.3 Å². The molecule has 0 radical (unpaired) electrons. The normalized spacial score (nSPS) is 16.2. The van der Waals surface area contributed by atoms with Crippen molar-refractivity contribution in [2.24, 2.45) is 0 Å². The standard InChI is InChI=1S/C22H27FN4O3S2.C2HF3O2/c1-14-7-22(32(28,29)12-17-11-31-13-24-17)19(23)8-21(14)26(4)18-5-6-27(9-18)10-20-15(2)30-16(3)25-20;3-2(4,5)1(6)7/h7-8,11,13,18H,5-6,9-10,12H2,1-4H3;(H,6,7)/t18-;/m0./s1. The molecule has 1 aromatic carbocycles. The average molecular weight is 593 g/mol. The van der Waals surface area contributed by atoms with Crippen LogP contribution in [0, 0.1) is 26.6 Å². The van der Waals surface area contributed by atoms with Crippen molar-refractivity contribution >= 4 is 32.8 Å². The SMILES string of the molecule is Cc1nc(CN2CC[C@H](N(C)c3cc(F)c(S(=O)(=O)Cc4cscn4)cc3C)C2)c(C)o1.O=C(O)C(F)(F)F. The number of thiazole rings is 1. The number of hydrogen-bond acceptors (Lipinski definition) is 9. The Morgan fingerprint density at radius 1 is 1.28 bits per heavy atom. The molecule has 0 unspecified atom stereocenters. The van der Waals surface area contributed by atoms with Gasteiger partial charge in [-0.2, -0.15) is 13.2 Å². The number of sulfone groups is 1. The summed E-state index contributed by atoms with van der Waals surface area (Å²) in [7, 11) is -1.88. The van der Waals surface area contributed by atoms with Gasteiger partial charge in [0, 0.05) is 50.7 Å². The van der Waals surface area contributed by atoms with E-state index in [1.807, 2.05) is 27.8 Å². The van der Waals surface area contributed by atoms with Crippen molar-refractivity contribution in [1.82, 2.24) is 14.9 Å².